The van der Waals surface area contributed by atoms with Gasteiger partial charge in [-0.3, -0.25) is 9.69 Å². The van der Waals surface area contributed by atoms with Gasteiger partial charge in [-0.25, -0.2) is 13.4 Å². The van der Waals surface area contributed by atoms with E-state index in [-0.39, 0.29) is 22.9 Å². The van der Waals surface area contributed by atoms with E-state index in [9.17, 15) is 13.2 Å². The average Bonchev–Trinajstić information content (AvgIpc) is 3.08. The molecular formula is C22H25N5O4S. The zero-order valence-electron chi connectivity index (χ0n) is 17.7. The summed E-state index contributed by atoms with van der Waals surface area (Å²) in [5.41, 5.74) is 2.12. The second kappa shape index (κ2) is 8.28. The number of benzene rings is 1. The van der Waals surface area contributed by atoms with E-state index >= 15 is 0 Å². The van der Waals surface area contributed by atoms with Crippen LogP contribution in [0.25, 0.3) is 5.65 Å². The predicted octanol–water partition coefficient (Wildman–Crippen LogP) is 0.968. The minimum Gasteiger partial charge on any atom is -0.374 e. The third-order valence-corrected chi connectivity index (χ3v) is 7.97. The molecule has 2 atom stereocenters. The van der Waals surface area contributed by atoms with Crippen LogP contribution in [0, 0.1) is 0 Å². The Hall–Kier alpha value is -2.79. The number of likely N-dealkylation sites (N-methyl/N-ethyl adjacent to an activating group) is 1. The standard InChI is InChI=1S/C22H25N5O4S/c1-25-13-19-14-27(12-18(25)15-31-19)32(29,30)20-5-2-16(3-6-20)10-24-22(28)17-4-7-21-23-8-9-26(21)11-17/h2-9,11,18-19H,10,12-15H2,1H3,(H,24,28). The molecule has 168 valence electrons. The number of sulfonamides is 1. The fourth-order valence-electron chi connectivity index (χ4n) is 4.20. The minimum absolute atomic E-state index is 0.0690. The van der Waals surface area contributed by atoms with Crippen molar-refractivity contribution in [2.75, 3.05) is 33.3 Å². The summed E-state index contributed by atoms with van der Waals surface area (Å²) in [4.78, 5) is 19.1. The number of amides is 1. The Balaban J connectivity index is 1.25. The highest BCUT2D eigenvalue weighted by Crippen LogP contribution is 2.24. The number of hydrogen-bond acceptors (Lipinski definition) is 6. The van der Waals surface area contributed by atoms with Crippen LogP contribution in [0.1, 0.15) is 15.9 Å². The molecule has 3 aliphatic heterocycles. The summed E-state index contributed by atoms with van der Waals surface area (Å²) in [5.74, 6) is -0.207. The van der Waals surface area contributed by atoms with Gasteiger partial charge in [0.2, 0.25) is 10.0 Å². The molecule has 0 radical (unpaired) electrons. The first kappa shape index (κ1) is 21.1. The third-order valence-electron chi connectivity index (χ3n) is 6.13. The smallest absolute Gasteiger partial charge is 0.253 e. The molecule has 1 amide bonds. The molecule has 3 aliphatic rings. The second-order valence-corrected chi connectivity index (χ2v) is 10.2. The van der Waals surface area contributed by atoms with Crippen LogP contribution in [-0.2, 0) is 21.3 Å². The number of ether oxygens (including phenoxy) is 1. The van der Waals surface area contributed by atoms with E-state index in [4.69, 9.17) is 4.74 Å². The Bertz CT molecular complexity index is 1240. The summed E-state index contributed by atoms with van der Waals surface area (Å²) in [5, 5.41) is 2.87. The fraction of sp³-hybridized carbons (Fsp3) is 0.364. The van der Waals surface area contributed by atoms with Crippen molar-refractivity contribution in [2.24, 2.45) is 0 Å². The zero-order chi connectivity index (χ0) is 22.3. The van der Waals surface area contributed by atoms with Gasteiger partial charge < -0.3 is 14.5 Å². The lowest BCUT2D eigenvalue weighted by atomic mass is 10.2. The Morgan fingerprint density at radius 2 is 1.97 bits per heavy atom. The number of rotatable bonds is 5. The highest BCUT2D eigenvalue weighted by atomic mass is 32.2. The number of pyridine rings is 1. The van der Waals surface area contributed by atoms with E-state index in [1.54, 1.807) is 59.4 Å². The Labute approximate surface area is 186 Å². The summed E-state index contributed by atoms with van der Waals surface area (Å²) in [6.45, 7) is 2.38. The highest BCUT2D eigenvalue weighted by molar-refractivity contribution is 7.89. The van der Waals surface area contributed by atoms with Crippen LogP contribution in [0.2, 0.25) is 0 Å². The molecule has 3 saturated heterocycles. The maximum atomic E-state index is 13.2. The van der Waals surface area contributed by atoms with Crippen LogP contribution in [0.4, 0.5) is 0 Å². The van der Waals surface area contributed by atoms with Crippen molar-refractivity contribution in [3.63, 3.8) is 0 Å². The maximum Gasteiger partial charge on any atom is 0.253 e. The monoisotopic (exact) mass is 455 g/mol. The van der Waals surface area contributed by atoms with Gasteiger partial charge in [0.05, 0.1) is 23.2 Å². The molecule has 5 heterocycles. The molecule has 2 aromatic heterocycles. The summed E-state index contributed by atoms with van der Waals surface area (Å²) in [7, 11) is -1.60. The lowest BCUT2D eigenvalue weighted by Crippen LogP contribution is -2.47. The van der Waals surface area contributed by atoms with Gasteiger partial charge in [0, 0.05) is 50.8 Å². The van der Waals surface area contributed by atoms with Gasteiger partial charge in [-0.15, -0.1) is 0 Å². The number of nitrogens with zero attached hydrogens (tertiary/aromatic N) is 4. The Kier molecular flexibility index (Phi) is 5.46. The van der Waals surface area contributed by atoms with E-state index in [1.807, 2.05) is 7.05 Å². The van der Waals surface area contributed by atoms with Gasteiger partial charge in [0.1, 0.15) is 5.65 Å². The first-order valence-electron chi connectivity index (χ1n) is 10.5. The molecule has 0 saturated carbocycles. The van der Waals surface area contributed by atoms with Gasteiger partial charge in [-0.2, -0.15) is 4.31 Å². The topological polar surface area (TPSA) is 96.2 Å². The molecule has 3 fully saturated rings. The number of aromatic nitrogens is 2. The molecule has 6 rings (SSSR count). The SMILES string of the molecule is CN1CC2CN(S(=O)(=O)c3ccc(CNC(=O)c4ccc5nccn5c4)cc3)CC1CO2. The molecule has 1 N–H and O–H groups in total. The van der Waals surface area contributed by atoms with Crippen molar-refractivity contribution >= 4 is 21.6 Å². The number of fused-ring (bicyclic) bond motifs is 5. The molecular weight excluding hydrogens is 430 g/mol. The summed E-state index contributed by atoms with van der Waals surface area (Å²) < 4.78 is 35.5. The van der Waals surface area contributed by atoms with E-state index in [1.165, 1.54) is 4.31 Å². The molecule has 3 aromatic rings. The molecule has 2 unspecified atom stereocenters. The van der Waals surface area contributed by atoms with E-state index < -0.39 is 10.0 Å². The second-order valence-electron chi connectivity index (χ2n) is 8.31. The highest BCUT2D eigenvalue weighted by Gasteiger charge is 2.38. The molecule has 2 bridgehead atoms. The molecule has 9 nitrogen and oxygen atoms in total. The number of carbonyl (C=O) groups excluding carboxylic acids is 1. The minimum atomic E-state index is -3.61. The largest absolute Gasteiger partial charge is 0.374 e. The van der Waals surface area contributed by atoms with Crippen LogP contribution in [0.3, 0.4) is 0 Å². The zero-order valence-corrected chi connectivity index (χ0v) is 18.5. The van der Waals surface area contributed by atoms with Crippen molar-refractivity contribution in [1.82, 2.24) is 23.9 Å². The quantitative estimate of drug-likeness (QED) is 0.616. The average molecular weight is 456 g/mol. The molecule has 32 heavy (non-hydrogen) atoms. The van der Waals surface area contributed by atoms with E-state index in [0.717, 1.165) is 17.8 Å². The molecule has 1 aromatic carbocycles. The first-order chi connectivity index (χ1) is 15.4. The normalized spacial score (nSPS) is 22.2. The van der Waals surface area contributed by atoms with E-state index in [0.29, 0.717) is 31.8 Å². The van der Waals surface area contributed by atoms with Crippen molar-refractivity contribution in [3.05, 3.63) is 66.1 Å². The number of hydrogen-bond donors (Lipinski definition) is 1. The summed E-state index contributed by atoms with van der Waals surface area (Å²) >= 11 is 0. The maximum absolute atomic E-state index is 13.2. The molecule has 10 heteroatoms. The number of imidazole rings is 1. The summed E-state index contributed by atoms with van der Waals surface area (Å²) in [6.07, 6.45) is 5.08. The van der Waals surface area contributed by atoms with Crippen LogP contribution in [0.5, 0.6) is 0 Å². The van der Waals surface area contributed by atoms with Crippen molar-refractivity contribution < 1.29 is 17.9 Å². The summed E-state index contributed by atoms with van der Waals surface area (Å²) in [6, 6.07) is 10.3. The number of carbonyl (C=O) groups is 1. The van der Waals surface area contributed by atoms with Gasteiger partial charge in [0.25, 0.3) is 5.91 Å². The van der Waals surface area contributed by atoms with Crippen molar-refractivity contribution in [2.45, 2.75) is 23.6 Å². The first-order valence-corrected chi connectivity index (χ1v) is 12.0. The van der Waals surface area contributed by atoms with Gasteiger partial charge in [-0.1, -0.05) is 12.1 Å². The van der Waals surface area contributed by atoms with Gasteiger partial charge in [-0.05, 0) is 36.9 Å². The number of nitrogens with one attached hydrogen (secondary N) is 1. The fourth-order valence-corrected chi connectivity index (χ4v) is 5.71. The van der Waals surface area contributed by atoms with Crippen LogP contribution in [0.15, 0.2) is 59.9 Å². The molecule has 0 aliphatic carbocycles. The lowest BCUT2D eigenvalue weighted by Gasteiger charge is -2.32. The van der Waals surface area contributed by atoms with Gasteiger partial charge >= 0.3 is 0 Å². The van der Waals surface area contributed by atoms with Crippen molar-refractivity contribution in [1.29, 1.82) is 0 Å². The Morgan fingerprint density at radius 1 is 1.16 bits per heavy atom. The van der Waals surface area contributed by atoms with Crippen LogP contribution in [-0.4, -0.2) is 78.3 Å². The van der Waals surface area contributed by atoms with Crippen LogP contribution < -0.4 is 5.32 Å². The van der Waals surface area contributed by atoms with Crippen LogP contribution >= 0.6 is 0 Å². The van der Waals surface area contributed by atoms with Gasteiger partial charge in [0.15, 0.2) is 0 Å². The van der Waals surface area contributed by atoms with E-state index in [2.05, 4.69) is 15.2 Å². The number of morpholine rings is 1. The van der Waals surface area contributed by atoms with Crippen molar-refractivity contribution in [3.8, 4) is 0 Å². The third kappa shape index (κ3) is 4.02. The lowest BCUT2D eigenvalue weighted by molar-refractivity contribution is -0.0318. The predicted molar refractivity (Wildman–Crippen MR) is 118 cm³/mol. The Morgan fingerprint density at radius 3 is 2.75 bits per heavy atom. The molecule has 0 spiro atoms.